The molecule has 1 aliphatic rings. The molecule has 4 rings (SSSR count). The summed E-state index contributed by atoms with van der Waals surface area (Å²) in [6.07, 6.45) is 3.53. The predicted molar refractivity (Wildman–Crippen MR) is 116 cm³/mol. The molecular weight excluding hydrogens is 403 g/mol. The van der Waals surface area contributed by atoms with Gasteiger partial charge in [-0.05, 0) is 42.8 Å². The van der Waals surface area contributed by atoms with Gasteiger partial charge in [0.05, 0.1) is 11.3 Å². The van der Waals surface area contributed by atoms with Gasteiger partial charge in [-0.3, -0.25) is 4.79 Å². The Kier molecular flexibility index (Phi) is 6.47. The lowest BCUT2D eigenvalue weighted by Gasteiger charge is -2.31. The van der Waals surface area contributed by atoms with Crippen LogP contribution in [0.4, 0.5) is 4.39 Å². The second kappa shape index (κ2) is 9.43. The number of halogens is 1. The number of ether oxygens (including phenoxy) is 2. The molecule has 0 radical (unpaired) electrons. The summed E-state index contributed by atoms with van der Waals surface area (Å²) in [6, 6.07) is 12.3. The van der Waals surface area contributed by atoms with E-state index in [0.29, 0.717) is 36.0 Å². The third-order valence-electron chi connectivity index (χ3n) is 5.21. The lowest BCUT2D eigenvalue weighted by atomic mass is 10.1. The molecule has 0 unspecified atom stereocenters. The molecule has 0 saturated carbocycles. The van der Waals surface area contributed by atoms with Crippen molar-refractivity contribution in [3.63, 3.8) is 0 Å². The molecule has 3 aromatic rings. The summed E-state index contributed by atoms with van der Waals surface area (Å²) in [5.41, 5.74) is 1.02. The molecule has 7 heteroatoms. The molecule has 0 aliphatic carbocycles. The maximum absolute atomic E-state index is 13.8. The van der Waals surface area contributed by atoms with Crippen molar-refractivity contribution in [3.8, 4) is 10.9 Å². The van der Waals surface area contributed by atoms with Crippen molar-refractivity contribution in [3.05, 3.63) is 53.8 Å². The molecule has 0 bridgehead atoms. The van der Waals surface area contributed by atoms with Crippen LogP contribution < -0.4 is 9.47 Å². The van der Waals surface area contributed by atoms with Crippen LogP contribution in [0, 0.1) is 5.82 Å². The van der Waals surface area contributed by atoms with Crippen molar-refractivity contribution in [1.29, 1.82) is 0 Å². The summed E-state index contributed by atoms with van der Waals surface area (Å²) >= 11 is 1.35. The molecule has 0 N–H and O–H groups in total. The second-order valence-corrected chi connectivity index (χ2v) is 8.40. The average Bonchev–Trinajstić information content (AvgIpc) is 3.18. The van der Waals surface area contributed by atoms with E-state index in [9.17, 15) is 9.18 Å². The van der Waals surface area contributed by atoms with Gasteiger partial charge in [0.15, 0.2) is 0 Å². The number of para-hydroxylation sites is 1. The van der Waals surface area contributed by atoms with E-state index in [1.54, 1.807) is 6.07 Å². The lowest BCUT2D eigenvalue weighted by molar-refractivity contribution is 0.0595. The number of rotatable bonds is 7. The summed E-state index contributed by atoms with van der Waals surface area (Å²) < 4.78 is 26.2. The standard InChI is InChI=1S/C23H25FN2O3S/c1-2-3-15-28-17-9-7-16(8-10-17)22(27)26-13-11-18(12-14-26)29-23-25-21-19(24)5-4-6-20(21)30-23/h4-10,18H,2-3,11-15H2,1H3. The number of hydrogen-bond donors (Lipinski definition) is 0. The van der Waals surface area contributed by atoms with Gasteiger partial charge in [0.1, 0.15) is 23.2 Å². The fraction of sp³-hybridized carbons (Fsp3) is 0.391. The minimum absolute atomic E-state index is 0.0213. The van der Waals surface area contributed by atoms with Crippen molar-refractivity contribution in [2.45, 2.75) is 38.7 Å². The normalized spacial score (nSPS) is 14.8. The van der Waals surface area contributed by atoms with E-state index in [2.05, 4.69) is 11.9 Å². The smallest absolute Gasteiger partial charge is 0.274 e. The van der Waals surface area contributed by atoms with Gasteiger partial charge in [-0.25, -0.2) is 4.39 Å². The predicted octanol–water partition coefficient (Wildman–Crippen LogP) is 5.30. The van der Waals surface area contributed by atoms with E-state index in [4.69, 9.17) is 9.47 Å². The third-order valence-corrected chi connectivity index (χ3v) is 6.13. The van der Waals surface area contributed by atoms with Gasteiger partial charge in [-0.15, -0.1) is 0 Å². The van der Waals surface area contributed by atoms with Crippen LogP contribution in [0.3, 0.4) is 0 Å². The van der Waals surface area contributed by atoms with Crippen LogP contribution in [0.5, 0.6) is 10.9 Å². The number of carbonyl (C=O) groups excluding carboxylic acids is 1. The topological polar surface area (TPSA) is 51.7 Å². The molecule has 0 atom stereocenters. The number of piperidine rings is 1. The largest absolute Gasteiger partial charge is 0.494 e. The Hall–Kier alpha value is -2.67. The highest BCUT2D eigenvalue weighted by molar-refractivity contribution is 7.20. The Morgan fingerprint density at radius 1 is 1.20 bits per heavy atom. The summed E-state index contributed by atoms with van der Waals surface area (Å²) in [4.78, 5) is 18.9. The van der Waals surface area contributed by atoms with Gasteiger partial charge in [0.25, 0.3) is 11.1 Å². The Balaban J connectivity index is 1.30. The molecule has 158 valence electrons. The van der Waals surface area contributed by atoms with E-state index in [0.717, 1.165) is 36.1 Å². The van der Waals surface area contributed by atoms with Gasteiger partial charge >= 0.3 is 0 Å². The lowest BCUT2D eigenvalue weighted by Crippen LogP contribution is -2.41. The van der Waals surface area contributed by atoms with Crippen LogP contribution in [0.1, 0.15) is 43.0 Å². The van der Waals surface area contributed by atoms with E-state index < -0.39 is 0 Å². The number of benzene rings is 2. The molecule has 1 fully saturated rings. The van der Waals surface area contributed by atoms with Gasteiger partial charge < -0.3 is 14.4 Å². The average molecular weight is 429 g/mol. The molecule has 0 spiro atoms. The fourth-order valence-electron chi connectivity index (χ4n) is 3.47. The number of hydrogen-bond acceptors (Lipinski definition) is 5. The van der Waals surface area contributed by atoms with Crippen molar-refractivity contribution in [1.82, 2.24) is 9.88 Å². The van der Waals surface area contributed by atoms with Gasteiger partial charge in [0, 0.05) is 31.5 Å². The second-order valence-electron chi connectivity index (χ2n) is 7.40. The summed E-state index contributed by atoms with van der Waals surface area (Å²) in [7, 11) is 0. The zero-order valence-corrected chi connectivity index (χ0v) is 17.8. The molecule has 1 amide bonds. The minimum Gasteiger partial charge on any atom is -0.494 e. The molecule has 1 aliphatic heterocycles. The summed E-state index contributed by atoms with van der Waals surface area (Å²) in [6.45, 7) is 4.06. The van der Waals surface area contributed by atoms with Crippen LogP contribution in [-0.2, 0) is 0 Å². The summed E-state index contributed by atoms with van der Waals surface area (Å²) in [5.74, 6) is 0.482. The van der Waals surface area contributed by atoms with Gasteiger partial charge in [-0.2, -0.15) is 4.98 Å². The van der Waals surface area contributed by atoms with Crippen LogP contribution >= 0.6 is 11.3 Å². The number of unbranched alkanes of at least 4 members (excludes halogenated alkanes) is 1. The minimum atomic E-state index is -0.333. The van der Waals surface area contributed by atoms with Crippen LogP contribution in [0.2, 0.25) is 0 Å². The first-order valence-corrected chi connectivity index (χ1v) is 11.2. The summed E-state index contributed by atoms with van der Waals surface area (Å²) in [5, 5.41) is 0.485. The number of carbonyl (C=O) groups is 1. The maximum Gasteiger partial charge on any atom is 0.274 e. The first-order valence-electron chi connectivity index (χ1n) is 10.4. The Bertz CT molecular complexity index is 997. The Morgan fingerprint density at radius 3 is 2.67 bits per heavy atom. The van der Waals surface area contributed by atoms with E-state index >= 15 is 0 Å². The Labute approximate surface area is 179 Å². The number of thiazole rings is 1. The van der Waals surface area contributed by atoms with E-state index in [1.807, 2.05) is 35.2 Å². The zero-order chi connectivity index (χ0) is 20.9. The number of nitrogens with zero attached hydrogens (tertiary/aromatic N) is 2. The highest BCUT2D eigenvalue weighted by Gasteiger charge is 2.25. The number of aromatic nitrogens is 1. The first-order chi connectivity index (χ1) is 14.6. The number of fused-ring (bicyclic) bond motifs is 1. The fourth-order valence-corrected chi connectivity index (χ4v) is 4.37. The van der Waals surface area contributed by atoms with Crippen molar-refractivity contribution in [2.75, 3.05) is 19.7 Å². The quantitative estimate of drug-likeness (QED) is 0.479. The maximum atomic E-state index is 13.8. The molecular formula is C23H25FN2O3S. The number of amides is 1. The molecule has 5 nitrogen and oxygen atoms in total. The highest BCUT2D eigenvalue weighted by Crippen LogP contribution is 2.31. The van der Waals surface area contributed by atoms with E-state index in [-0.39, 0.29) is 17.8 Å². The van der Waals surface area contributed by atoms with Gasteiger partial charge in [-0.1, -0.05) is 30.7 Å². The Morgan fingerprint density at radius 2 is 1.97 bits per heavy atom. The SMILES string of the molecule is CCCCOc1ccc(C(=O)N2CCC(Oc3nc4c(F)cccc4s3)CC2)cc1. The van der Waals surface area contributed by atoms with Crippen LogP contribution in [0.25, 0.3) is 10.2 Å². The third kappa shape index (κ3) is 4.73. The van der Waals surface area contributed by atoms with E-state index in [1.165, 1.54) is 17.4 Å². The van der Waals surface area contributed by atoms with Gasteiger partial charge in [0.2, 0.25) is 0 Å². The van der Waals surface area contributed by atoms with Crippen molar-refractivity contribution in [2.24, 2.45) is 0 Å². The molecule has 2 heterocycles. The molecule has 1 saturated heterocycles. The number of likely N-dealkylation sites (tertiary alicyclic amines) is 1. The first kappa shape index (κ1) is 20.6. The molecule has 2 aromatic carbocycles. The van der Waals surface area contributed by atoms with Crippen molar-refractivity contribution >= 4 is 27.5 Å². The molecule has 1 aromatic heterocycles. The van der Waals surface area contributed by atoms with Crippen LogP contribution in [0.15, 0.2) is 42.5 Å². The molecule has 30 heavy (non-hydrogen) atoms. The zero-order valence-electron chi connectivity index (χ0n) is 17.0. The monoisotopic (exact) mass is 428 g/mol. The van der Waals surface area contributed by atoms with Crippen molar-refractivity contribution < 1.29 is 18.7 Å². The van der Waals surface area contributed by atoms with Crippen LogP contribution in [-0.4, -0.2) is 41.6 Å². The highest BCUT2D eigenvalue weighted by atomic mass is 32.1.